The summed E-state index contributed by atoms with van der Waals surface area (Å²) in [5.41, 5.74) is 2.34. The van der Waals surface area contributed by atoms with Crippen molar-refractivity contribution in [3.8, 4) is 5.75 Å². The van der Waals surface area contributed by atoms with E-state index in [9.17, 15) is 4.79 Å². The number of nitrogens with zero attached hydrogens (tertiary/aromatic N) is 1. The molecule has 2 atom stereocenters. The first kappa shape index (κ1) is 15.8. The maximum atomic E-state index is 12.2. The van der Waals surface area contributed by atoms with Gasteiger partial charge < -0.3 is 14.4 Å². The maximum Gasteiger partial charge on any atom is 0.226 e. The van der Waals surface area contributed by atoms with Crippen LogP contribution in [0.5, 0.6) is 5.75 Å². The van der Waals surface area contributed by atoms with Gasteiger partial charge in [0.15, 0.2) is 0 Å². The zero-order valence-electron chi connectivity index (χ0n) is 13.4. The van der Waals surface area contributed by atoms with E-state index in [1.54, 1.807) is 0 Å². The number of carbonyl (C=O) groups excluding carboxylic acids is 1. The summed E-state index contributed by atoms with van der Waals surface area (Å²) in [6, 6.07) is 5.99. The zero-order valence-corrected chi connectivity index (χ0v) is 13.4. The molecule has 4 heteroatoms. The molecule has 4 nitrogen and oxygen atoms in total. The summed E-state index contributed by atoms with van der Waals surface area (Å²) in [5, 5.41) is 0. The third kappa shape index (κ3) is 4.21. The van der Waals surface area contributed by atoms with Crippen molar-refractivity contribution in [1.29, 1.82) is 0 Å². The molecule has 1 aliphatic rings. The Morgan fingerprint density at radius 2 is 1.95 bits per heavy atom. The molecule has 2 rings (SSSR count). The van der Waals surface area contributed by atoms with Gasteiger partial charge in [0.2, 0.25) is 5.91 Å². The Labute approximate surface area is 127 Å². The number of benzene rings is 1. The average Bonchev–Trinajstić information content (AvgIpc) is 2.42. The van der Waals surface area contributed by atoms with Crippen LogP contribution in [0.2, 0.25) is 0 Å². The van der Waals surface area contributed by atoms with Crippen molar-refractivity contribution in [1.82, 2.24) is 4.90 Å². The van der Waals surface area contributed by atoms with Gasteiger partial charge in [-0.1, -0.05) is 12.1 Å². The van der Waals surface area contributed by atoms with E-state index in [0.29, 0.717) is 26.1 Å². The van der Waals surface area contributed by atoms with Gasteiger partial charge in [-0.05, 0) is 44.9 Å². The van der Waals surface area contributed by atoms with Gasteiger partial charge in [-0.25, -0.2) is 0 Å². The minimum absolute atomic E-state index is 0.109. The summed E-state index contributed by atoms with van der Waals surface area (Å²) in [6.07, 6.45) is 0.627. The SMILES string of the molecule is Cc1cccc(OCCC(=O)N2CC(C)OC(C)C2)c1C. The number of ether oxygens (including phenoxy) is 2. The van der Waals surface area contributed by atoms with Crippen molar-refractivity contribution in [3.63, 3.8) is 0 Å². The first-order chi connectivity index (χ1) is 9.97. The first-order valence-corrected chi connectivity index (χ1v) is 7.59. The van der Waals surface area contributed by atoms with Crippen molar-refractivity contribution in [2.75, 3.05) is 19.7 Å². The number of amides is 1. The van der Waals surface area contributed by atoms with Crippen molar-refractivity contribution in [2.45, 2.75) is 46.3 Å². The molecule has 0 bridgehead atoms. The molecule has 1 aromatic carbocycles. The summed E-state index contributed by atoms with van der Waals surface area (Å²) in [6.45, 7) is 9.87. The Kier molecular flexibility index (Phi) is 5.23. The van der Waals surface area contributed by atoms with Crippen LogP contribution in [-0.4, -0.2) is 42.7 Å². The van der Waals surface area contributed by atoms with Crippen LogP contribution in [0.3, 0.4) is 0 Å². The summed E-state index contributed by atoms with van der Waals surface area (Å²) in [4.78, 5) is 14.1. The van der Waals surface area contributed by atoms with Crippen molar-refractivity contribution < 1.29 is 14.3 Å². The number of hydrogen-bond acceptors (Lipinski definition) is 3. The van der Waals surface area contributed by atoms with Gasteiger partial charge in [0, 0.05) is 13.1 Å². The summed E-state index contributed by atoms with van der Waals surface area (Å²) in [7, 11) is 0. The normalized spacial score (nSPS) is 22.2. The molecule has 1 aliphatic heterocycles. The predicted octanol–water partition coefficient (Wildman–Crippen LogP) is 2.71. The molecule has 1 heterocycles. The Morgan fingerprint density at radius 1 is 1.29 bits per heavy atom. The smallest absolute Gasteiger partial charge is 0.226 e. The second-order valence-electron chi connectivity index (χ2n) is 5.85. The van der Waals surface area contributed by atoms with Crippen LogP contribution in [-0.2, 0) is 9.53 Å². The highest BCUT2D eigenvalue weighted by atomic mass is 16.5. The van der Waals surface area contributed by atoms with Gasteiger partial charge >= 0.3 is 0 Å². The van der Waals surface area contributed by atoms with Crippen molar-refractivity contribution >= 4 is 5.91 Å². The van der Waals surface area contributed by atoms with Crippen LogP contribution >= 0.6 is 0 Å². The molecule has 0 spiro atoms. The predicted molar refractivity (Wildman–Crippen MR) is 82.6 cm³/mol. The third-order valence-corrected chi connectivity index (χ3v) is 3.90. The molecule has 2 unspecified atom stereocenters. The Hall–Kier alpha value is -1.55. The number of aryl methyl sites for hydroxylation is 1. The molecular formula is C17H25NO3. The molecule has 1 saturated heterocycles. The lowest BCUT2D eigenvalue weighted by Crippen LogP contribution is -2.48. The lowest BCUT2D eigenvalue weighted by Gasteiger charge is -2.35. The van der Waals surface area contributed by atoms with Crippen LogP contribution in [0.15, 0.2) is 18.2 Å². The fourth-order valence-electron chi connectivity index (χ4n) is 2.67. The fourth-order valence-corrected chi connectivity index (χ4v) is 2.67. The van der Waals surface area contributed by atoms with Gasteiger partial charge in [-0.3, -0.25) is 4.79 Å². The van der Waals surface area contributed by atoms with E-state index >= 15 is 0 Å². The van der Waals surface area contributed by atoms with Crippen LogP contribution in [0.25, 0.3) is 0 Å². The van der Waals surface area contributed by atoms with Gasteiger partial charge in [-0.2, -0.15) is 0 Å². The number of morpholine rings is 1. The minimum atomic E-state index is 0.109. The molecule has 116 valence electrons. The van der Waals surface area contributed by atoms with E-state index in [-0.39, 0.29) is 18.1 Å². The Balaban J connectivity index is 1.83. The summed E-state index contributed by atoms with van der Waals surface area (Å²) in [5.74, 6) is 1.01. The lowest BCUT2D eigenvalue weighted by atomic mass is 10.1. The van der Waals surface area contributed by atoms with E-state index in [1.165, 1.54) is 5.56 Å². The molecule has 1 amide bonds. The standard InChI is InChI=1S/C17H25NO3/c1-12-6-5-7-16(15(12)4)20-9-8-17(19)18-10-13(2)21-14(3)11-18/h5-7,13-14H,8-11H2,1-4H3. The van der Waals surface area contributed by atoms with Crippen molar-refractivity contribution in [2.24, 2.45) is 0 Å². The van der Waals surface area contributed by atoms with Crippen LogP contribution < -0.4 is 4.74 Å². The Morgan fingerprint density at radius 3 is 2.62 bits per heavy atom. The van der Waals surface area contributed by atoms with Gasteiger partial charge in [0.1, 0.15) is 5.75 Å². The summed E-state index contributed by atoms with van der Waals surface area (Å²) >= 11 is 0. The number of carbonyl (C=O) groups is 1. The van der Waals surface area contributed by atoms with Crippen LogP contribution in [0.1, 0.15) is 31.4 Å². The molecule has 0 aliphatic carbocycles. The van der Waals surface area contributed by atoms with E-state index in [2.05, 4.69) is 13.0 Å². The highest BCUT2D eigenvalue weighted by molar-refractivity contribution is 5.76. The molecule has 1 fully saturated rings. The maximum absolute atomic E-state index is 12.2. The van der Waals surface area contributed by atoms with E-state index in [4.69, 9.17) is 9.47 Å². The molecular weight excluding hydrogens is 266 g/mol. The minimum Gasteiger partial charge on any atom is -0.493 e. The second kappa shape index (κ2) is 6.94. The second-order valence-corrected chi connectivity index (χ2v) is 5.85. The zero-order chi connectivity index (χ0) is 15.4. The third-order valence-electron chi connectivity index (χ3n) is 3.90. The van der Waals surface area contributed by atoms with Crippen LogP contribution in [0.4, 0.5) is 0 Å². The molecule has 1 aromatic rings. The van der Waals surface area contributed by atoms with Gasteiger partial charge in [0.25, 0.3) is 0 Å². The van der Waals surface area contributed by atoms with E-state index in [1.807, 2.05) is 37.8 Å². The number of rotatable bonds is 4. The lowest BCUT2D eigenvalue weighted by molar-refractivity contribution is -0.143. The molecule has 0 saturated carbocycles. The largest absolute Gasteiger partial charge is 0.493 e. The Bertz CT molecular complexity index is 491. The topological polar surface area (TPSA) is 38.8 Å². The molecule has 0 radical (unpaired) electrons. The quantitative estimate of drug-likeness (QED) is 0.856. The fraction of sp³-hybridized carbons (Fsp3) is 0.588. The number of hydrogen-bond donors (Lipinski definition) is 0. The van der Waals surface area contributed by atoms with Gasteiger partial charge in [-0.15, -0.1) is 0 Å². The van der Waals surface area contributed by atoms with E-state index in [0.717, 1.165) is 11.3 Å². The van der Waals surface area contributed by atoms with Gasteiger partial charge in [0.05, 0.1) is 25.2 Å². The monoisotopic (exact) mass is 291 g/mol. The highest BCUT2D eigenvalue weighted by Gasteiger charge is 2.25. The van der Waals surface area contributed by atoms with Crippen molar-refractivity contribution in [3.05, 3.63) is 29.3 Å². The highest BCUT2D eigenvalue weighted by Crippen LogP contribution is 2.20. The summed E-state index contributed by atoms with van der Waals surface area (Å²) < 4.78 is 11.4. The van der Waals surface area contributed by atoms with E-state index < -0.39 is 0 Å². The molecule has 0 N–H and O–H groups in total. The average molecular weight is 291 g/mol. The molecule has 0 aromatic heterocycles. The first-order valence-electron chi connectivity index (χ1n) is 7.59. The van der Waals surface area contributed by atoms with Crippen LogP contribution in [0, 0.1) is 13.8 Å². The molecule has 21 heavy (non-hydrogen) atoms.